The Labute approximate surface area is 110 Å². The lowest BCUT2D eigenvalue weighted by Crippen LogP contribution is -2.18. The minimum Gasteiger partial charge on any atom is -0.468 e. The number of ether oxygens (including phenoxy) is 2. The molecule has 18 heavy (non-hydrogen) atoms. The first-order valence-corrected chi connectivity index (χ1v) is 6.92. The average molecular weight is 258 g/mol. The highest BCUT2D eigenvalue weighted by Crippen LogP contribution is 2.14. The summed E-state index contributed by atoms with van der Waals surface area (Å²) in [6, 6.07) is 0. The molecule has 0 aliphatic carbocycles. The standard InChI is InChI=1S/C14H26O4/c1-4-7-13(6-3)18-14(16)9-8-12(5-2)10-17-11-15/h11-13H,4-10H2,1-3H3. The smallest absolute Gasteiger partial charge is 0.306 e. The number of hydrogen-bond donors (Lipinski definition) is 0. The van der Waals surface area contributed by atoms with Crippen LogP contribution in [0.1, 0.15) is 59.3 Å². The Balaban J connectivity index is 3.88. The van der Waals surface area contributed by atoms with E-state index < -0.39 is 0 Å². The van der Waals surface area contributed by atoms with Crippen LogP contribution in [0.2, 0.25) is 0 Å². The van der Waals surface area contributed by atoms with E-state index in [2.05, 4.69) is 6.92 Å². The third-order valence-electron chi connectivity index (χ3n) is 3.10. The fraction of sp³-hybridized carbons (Fsp3) is 0.857. The molecule has 0 heterocycles. The summed E-state index contributed by atoms with van der Waals surface area (Å²) in [4.78, 5) is 21.8. The Morgan fingerprint density at radius 1 is 1.17 bits per heavy atom. The molecule has 0 aromatic carbocycles. The fourth-order valence-electron chi connectivity index (χ4n) is 1.82. The summed E-state index contributed by atoms with van der Waals surface area (Å²) in [5.41, 5.74) is 0. The second kappa shape index (κ2) is 11.1. The van der Waals surface area contributed by atoms with E-state index in [1.807, 2.05) is 13.8 Å². The zero-order valence-electron chi connectivity index (χ0n) is 11.8. The number of rotatable bonds is 11. The van der Waals surface area contributed by atoms with Crippen molar-refractivity contribution < 1.29 is 19.1 Å². The summed E-state index contributed by atoms with van der Waals surface area (Å²) >= 11 is 0. The normalized spacial score (nSPS) is 13.7. The summed E-state index contributed by atoms with van der Waals surface area (Å²) in [5, 5.41) is 0. The van der Waals surface area contributed by atoms with Crippen LogP contribution in [0.25, 0.3) is 0 Å². The van der Waals surface area contributed by atoms with Crippen LogP contribution in [0.4, 0.5) is 0 Å². The van der Waals surface area contributed by atoms with Crippen LogP contribution >= 0.6 is 0 Å². The first kappa shape index (κ1) is 16.9. The van der Waals surface area contributed by atoms with E-state index in [1.165, 1.54) is 0 Å². The Bertz CT molecular complexity index is 228. The van der Waals surface area contributed by atoms with Gasteiger partial charge in [-0.2, -0.15) is 0 Å². The van der Waals surface area contributed by atoms with E-state index in [4.69, 9.17) is 9.47 Å². The predicted molar refractivity (Wildman–Crippen MR) is 70.1 cm³/mol. The number of esters is 1. The van der Waals surface area contributed by atoms with Gasteiger partial charge >= 0.3 is 5.97 Å². The highest BCUT2D eigenvalue weighted by molar-refractivity contribution is 5.69. The molecule has 0 aromatic rings. The van der Waals surface area contributed by atoms with E-state index in [-0.39, 0.29) is 18.0 Å². The SMILES string of the molecule is CCCC(CC)OC(=O)CCC(CC)COC=O. The molecule has 2 unspecified atom stereocenters. The second-order valence-electron chi connectivity index (χ2n) is 4.55. The lowest BCUT2D eigenvalue weighted by molar-refractivity contribution is -0.150. The minimum absolute atomic E-state index is 0.0498. The van der Waals surface area contributed by atoms with E-state index in [0.29, 0.717) is 25.9 Å². The molecule has 106 valence electrons. The van der Waals surface area contributed by atoms with E-state index >= 15 is 0 Å². The van der Waals surface area contributed by atoms with Gasteiger partial charge in [-0.05, 0) is 25.2 Å². The monoisotopic (exact) mass is 258 g/mol. The third-order valence-corrected chi connectivity index (χ3v) is 3.10. The molecule has 0 amide bonds. The van der Waals surface area contributed by atoms with E-state index in [0.717, 1.165) is 25.7 Å². The topological polar surface area (TPSA) is 52.6 Å². The van der Waals surface area contributed by atoms with Crippen molar-refractivity contribution in [3.8, 4) is 0 Å². The molecular weight excluding hydrogens is 232 g/mol. The van der Waals surface area contributed by atoms with Crippen LogP contribution < -0.4 is 0 Å². The third kappa shape index (κ3) is 8.09. The molecule has 2 atom stereocenters. The molecule has 0 saturated carbocycles. The van der Waals surface area contributed by atoms with Gasteiger partial charge in [-0.15, -0.1) is 0 Å². The first-order chi connectivity index (χ1) is 8.67. The largest absolute Gasteiger partial charge is 0.468 e. The molecule has 0 radical (unpaired) electrons. The minimum atomic E-state index is -0.139. The molecule has 4 nitrogen and oxygen atoms in total. The highest BCUT2D eigenvalue weighted by Gasteiger charge is 2.14. The summed E-state index contributed by atoms with van der Waals surface area (Å²) in [7, 11) is 0. The van der Waals surface area contributed by atoms with Crippen molar-refractivity contribution in [2.45, 2.75) is 65.4 Å². The van der Waals surface area contributed by atoms with Gasteiger partial charge < -0.3 is 9.47 Å². The van der Waals surface area contributed by atoms with E-state index in [1.54, 1.807) is 0 Å². The maximum absolute atomic E-state index is 11.6. The maximum atomic E-state index is 11.6. The average Bonchev–Trinajstić information content (AvgIpc) is 2.38. The van der Waals surface area contributed by atoms with E-state index in [9.17, 15) is 9.59 Å². The van der Waals surface area contributed by atoms with Gasteiger partial charge in [0.1, 0.15) is 6.10 Å². The summed E-state index contributed by atoms with van der Waals surface area (Å²) < 4.78 is 10.1. The van der Waals surface area contributed by atoms with Crippen molar-refractivity contribution in [3.63, 3.8) is 0 Å². The Hall–Kier alpha value is -1.06. The van der Waals surface area contributed by atoms with Crippen molar-refractivity contribution in [2.24, 2.45) is 5.92 Å². The number of hydrogen-bond acceptors (Lipinski definition) is 4. The van der Waals surface area contributed by atoms with Crippen LogP contribution in [0.5, 0.6) is 0 Å². The molecular formula is C14H26O4. The van der Waals surface area contributed by atoms with Crippen LogP contribution in [-0.4, -0.2) is 25.2 Å². The lowest BCUT2D eigenvalue weighted by Gasteiger charge is -2.17. The number of carbonyl (C=O) groups excluding carboxylic acids is 2. The van der Waals surface area contributed by atoms with Crippen molar-refractivity contribution in [2.75, 3.05) is 6.61 Å². The van der Waals surface area contributed by atoms with Crippen molar-refractivity contribution >= 4 is 12.4 Å². The fourth-order valence-corrected chi connectivity index (χ4v) is 1.82. The van der Waals surface area contributed by atoms with Gasteiger partial charge in [0.15, 0.2) is 0 Å². The van der Waals surface area contributed by atoms with Crippen molar-refractivity contribution in [1.29, 1.82) is 0 Å². The van der Waals surface area contributed by atoms with Gasteiger partial charge in [-0.3, -0.25) is 9.59 Å². The second-order valence-corrected chi connectivity index (χ2v) is 4.55. The van der Waals surface area contributed by atoms with Gasteiger partial charge in [-0.1, -0.05) is 33.6 Å². The first-order valence-electron chi connectivity index (χ1n) is 6.92. The van der Waals surface area contributed by atoms with Gasteiger partial charge in [-0.25, -0.2) is 0 Å². The van der Waals surface area contributed by atoms with Crippen LogP contribution in [0.3, 0.4) is 0 Å². The number of carbonyl (C=O) groups is 2. The van der Waals surface area contributed by atoms with Crippen molar-refractivity contribution in [1.82, 2.24) is 0 Å². The van der Waals surface area contributed by atoms with Gasteiger partial charge in [0.2, 0.25) is 0 Å². The molecule has 0 aromatic heterocycles. The molecule has 0 rings (SSSR count). The maximum Gasteiger partial charge on any atom is 0.306 e. The lowest BCUT2D eigenvalue weighted by atomic mass is 10.0. The highest BCUT2D eigenvalue weighted by atomic mass is 16.5. The summed E-state index contributed by atoms with van der Waals surface area (Å²) in [5.74, 6) is 0.105. The molecule has 4 heteroatoms. The Kier molecular flexibility index (Phi) is 10.4. The van der Waals surface area contributed by atoms with Crippen LogP contribution in [0.15, 0.2) is 0 Å². The molecule has 0 fully saturated rings. The Morgan fingerprint density at radius 2 is 1.89 bits per heavy atom. The zero-order valence-corrected chi connectivity index (χ0v) is 11.8. The zero-order chi connectivity index (χ0) is 13.8. The molecule has 0 spiro atoms. The predicted octanol–water partition coefficient (Wildman–Crippen LogP) is 3.09. The van der Waals surface area contributed by atoms with Gasteiger partial charge in [0, 0.05) is 6.42 Å². The Morgan fingerprint density at radius 3 is 2.39 bits per heavy atom. The molecule has 0 aliphatic rings. The summed E-state index contributed by atoms with van der Waals surface area (Å²) in [6.07, 6.45) is 4.88. The van der Waals surface area contributed by atoms with Crippen molar-refractivity contribution in [3.05, 3.63) is 0 Å². The molecule has 0 aliphatic heterocycles. The van der Waals surface area contributed by atoms with Gasteiger partial charge in [0.25, 0.3) is 6.47 Å². The van der Waals surface area contributed by atoms with Crippen LogP contribution in [0, 0.1) is 5.92 Å². The van der Waals surface area contributed by atoms with Crippen LogP contribution in [-0.2, 0) is 19.1 Å². The summed E-state index contributed by atoms with van der Waals surface area (Å²) in [6.45, 7) is 6.98. The van der Waals surface area contributed by atoms with Gasteiger partial charge in [0.05, 0.1) is 6.61 Å². The molecule has 0 N–H and O–H groups in total. The molecule has 0 saturated heterocycles. The quantitative estimate of drug-likeness (QED) is 0.422. The molecule has 0 bridgehead atoms.